The molecule has 1 aromatic rings. The molecule has 2 rings (SSSR count). The quantitative estimate of drug-likeness (QED) is 0.460. The maximum absolute atomic E-state index is 12.5. The number of likely N-dealkylation sites (tertiary alicyclic amines) is 1. The number of benzene rings is 1. The molecule has 1 heterocycles. The molecule has 0 spiro atoms. The van der Waals surface area contributed by atoms with Gasteiger partial charge in [0.15, 0.2) is 6.10 Å². The number of methoxy groups -OCH3 is 1. The highest BCUT2D eigenvalue weighted by molar-refractivity contribution is 5.95. The van der Waals surface area contributed by atoms with E-state index in [9.17, 15) is 19.7 Å². The van der Waals surface area contributed by atoms with Crippen LogP contribution in [0.4, 0.5) is 5.69 Å². The summed E-state index contributed by atoms with van der Waals surface area (Å²) in [6.07, 6.45) is 3.08. The van der Waals surface area contributed by atoms with Gasteiger partial charge in [-0.15, -0.1) is 0 Å². The van der Waals surface area contributed by atoms with Crippen molar-refractivity contribution in [2.75, 3.05) is 20.2 Å². The van der Waals surface area contributed by atoms with Crippen LogP contribution >= 0.6 is 0 Å². The Hall–Kier alpha value is -2.64. The number of hydrogen-bond acceptors (Lipinski definition) is 6. The van der Waals surface area contributed by atoms with E-state index in [-0.39, 0.29) is 22.9 Å². The van der Waals surface area contributed by atoms with Gasteiger partial charge in [-0.2, -0.15) is 0 Å². The van der Waals surface area contributed by atoms with Crippen LogP contribution in [-0.2, 0) is 9.53 Å². The summed E-state index contributed by atoms with van der Waals surface area (Å²) in [5, 5.41) is 10.9. The monoisotopic (exact) mass is 350 g/mol. The molecule has 1 atom stereocenters. The highest BCUT2D eigenvalue weighted by atomic mass is 16.6. The van der Waals surface area contributed by atoms with Crippen molar-refractivity contribution >= 4 is 17.6 Å². The number of nitro groups is 1. The Labute approximate surface area is 145 Å². The van der Waals surface area contributed by atoms with Crippen LogP contribution in [0.5, 0.6) is 5.75 Å². The van der Waals surface area contributed by atoms with Gasteiger partial charge in [-0.1, -0.05) is 12.8 Å². The lowest BCUT2D eigenvalue weighted by atomic mass is 10.1. The van der Waals surface area contributed by atoms with E-state index in [4.69, 9.17) is 9.47 Å². The largest absolute Gasteiger partial charge is 0.496 e. The summed E-state index contributed by atoms with van der Waals surface area (Å²) in [6.45, 7) is 2.82. The van der Waals surface area contributed by atoms with E-state index in [2.05, 4.69) is 0 Å². The number of hydrogen-bond donors (Lipinski definition) is 0. The Morgan fingerprint density at radius 3 is 2.40 bits per heavy atom. The van der Waals surface area contributed by atoms with Crippen molar-refractivity contribution in [3.8, 4) is 5.75 Å². The van der Waals surface area contributed by atoms with Gasteiger partial charge in [-0.3, -0.25) is 14.9 Å². The van der Waals surface area contributed by atoms with Crippen molar-refractivity contribution in [3.05, 3.63) is 33.9 Å². The molecular weight excluding hydrogens is 328 g/mol. The van der Waals surface area contributed by atoms with Gasteiger partial charge >= 0.3 is 5.97 Å². The third kappa shape index (κ3) is 4.68. The molecule has 1 saturated heterocycles. The molecule has 8 nitrogen and oxygen atoms in total. The fraction of sp³-hybridized carbons (Fsp3) is 0.529. The minimum atomic E-state index is -0.963. The Morgan fingerprint density at radius 2 is 1.84 bits per heavy atom. The third-order valence-corrected chi connectivity index (χ3v) is 4.16. The minimum Gasteiger partial charge on any atom is -0.496 e. The van der Waals surface area contributed by atoms with Crippen molar-refractivity contribution in [3.63, 3.8) is 0 Å². The number of esters is 1. The molecule has 1 aliphatic heterocycles. The Bertz CT molecular complexity index is 653. The second-order valence-corrected chi connectivity index (χ2v) is 5.93. The molecule has 1 amide bonds. The molecule has 0 unspecified atom stereocenters. The van der Waals surface area contributed by atoms with Crippen LogP contribution in [0.15, 0.2) is 18.2 Å². The number of nitrogens with zero attached hydrogens (tertiary/aromatic N) is 2. The lowest BCUT2D eigenvalue weighted by Gasteiger charge is -2.24. The highest BCUT2D eigenvalue weighted by Gasteiger charge is 2.27. The summed E-state index contributed by atoms with van der Waals surface area (Å²) in [7, 11) is 1.35. The van der Waals surface area contributed by atoms with Crippen molar-refractivity contribution in [1.29, 1.82) is 0 Å². The van der Waals surface area contributed by atoms with E-state index in [1.54, 1.807) is 4.90 Å². The van der Waals surface area contributed by atoms with Gasteiger partial charge in [-0.05, 0) is 25.8 Å². The molecule has 136 valence electrons. The van der Waals surface area contributed by atoms with Gasteiger partial charge in [0.05, 0.1) is 12.0 Å². The molecule has 1 aromatic carbocycles. The summed E-state index contributed by atoms with van der Waals surface area (Å²) in [6, 6.07) is 3.65. The maximum Gasteiger partial charge on any atom is 0.342 e. The van der Waals surface area contributed by atoms with Crippen LogP contribution in [0.1, 0.15) is 43.0 Å². The molecule has 25 heavy (non-hydrogen) atoms. The number of carbonyl (C=O) groups excluding carboxylic acids is 2. The molecule has 0 aliphatic carbocycles. The highest BCUT2D eigenvalue weighted by Crippen LogP contribution is 2.25. The summed E-state index contributed by atoms with van der Waals surface area (Å²) in [4.78, 5) is 36.8. The first kappa shape index (κ1) is 18.7. The predicted molar refractivity (Wildman–Crippen MR) is 89.6 cm³/mol. The van der Waals surface area contributed by atoms with Gasteiger partial charge < -0.3 is 14.4 Å². The summed E-state index contributed by atoms with van der Waals surface area (Å²) < 4.78 is 10.3. The SMILES string of the molecule is COc1ccc([N+](=O)[O-])cc1C(=O)O[C@H](C)C(=O)N1CCCCCC1. The van der Waals surface area contributed by atoms with Crippen LogP contribution < -0.4 is 4.74 Å². The third-order valence-electron chi connectivity index (χ3n) is 4.16. The smallest absolute Gasteiger partial charge is 0.342 e. The summed E-state index contributed by atoms with van der Waals surface area (Å²) in [5.41, 5.74) is -0.327. The predicted octanol–water partition coefficient (Wildman–Crippen LogP) is 2.55. The minimum absolute atomic E-state index is 0.0767. The van der Waals surface area contributed by atoms with Gasteiger partial charge in [0.1, 0.15) is 11.3 Å². The van der Waals surface area contributed by atoms with Crippen LogP contribution in [0.2, 0.25) is 0 Å². The molecule has 0 saturated carbocycles. The van der Waals surface area contributed by atoms with E-state index in [1.807, 2.05) is 0 Å². The van der Waals surface area contributed by atoms with E-state index < -0.39 is 17.0 Å². The first-order chi connectivity index (χ1) is 11.9. The van der Waals surface area contributed by atoms with Gasteiger partial charge in [0, 0.05) is 25.2 Å². The number of rotatable bonds is 5. The Kier molecular flexibility index (Phi) is 6.32. The fourth-order valence-corrected chi connectivity index (χ4v) is 2.79. The van der Waals surface area contributed by atoms with Gasteiger partial charge in [0.25, 0.3) is 11.6 Å². The second-order valence-electron chi connectivity index (χ2n) is 5.93. The van der Waals surface area contributed by atoms with Crippen LogP contribution in [0, 0.1) is 10.1 Å². The topological polar surface area (TPSA) is 99.0 Å². The van der Waals surface area contributed by atoms with E-state index in [1.165, 1.54) is 26.2 Å². The first-order valence-corrected chi connectivity index (χ1v) is 8.26. The molecule has 8 heteroatoms. The molecule has 1 fully saturated rings. The number of ether oxygens (including phenoxy) is 2. The molecule has 0 bridgehead atoms. The second kappa shape index (κ2) is 8.46. The number of non-ortho nitro benzene ring substituents is 1. The van der Waals surface area contributed by atoms with Crippen molar-refractivity contribution < 1.29 is 24.0 Å². The molecular formula is C17H22N2O6. The molecule has 1 aliphatic rings. The number of nitro benzene ring substituents is 1. The van der Waals surface area contributed by atoms with Crippen molar-refractivity contribution in [2.45, 2.75) is 38.7 Å². The van der Waals surface area contributed by atoms with Crippen LogP contribution in [-0.4, -0.2) is 48.0 Å². The Morgan fingerprint density at radius 1 is 1.20 bits per heavy atom. The lowest BCUT2D eigenvalue weighted by molar-refractivity contribution is -0.384. The van der Waals surface area contributed by atoms with Crippen molar-refractivity contribution in [1.82, 2.24) is 4.90 Å². The average Bonchev–Trinajstić information content (AvgIpc) is 2.89. The summed E-state index contributed by atoms with van der Waals surface area (Å²) in [5.74, 6) is -0.916. The van der Waals surface area contributed by atoms with Crippen LogP contribution in [0.3, 0.4) is 0 Å². The van der Waals surface area contributed by atoms with Crippen LogP contribution in [0.25, 0.3) is 0 Å². The lowest BCUT2D eigenvalue weighted by Crippen LogP contribution is -2.40. The zero-order valence-corrected chi connectivity index (χ0v) is 14.4. The number of carbonyl (C=O) groups is 2. The molecule has 0 N–H and O–H groups in total. The Balaban J connectivity index is 2.11. The first-order valence-electron chi connectivity index (χ1n) is 8.26. The maximum atomic E-state index is 12.5. The molecule has 0 radical (unpaired) electrons. The van der Waals surface area contributed by atoms with E-state index in [0.717, 1.165) is 31.7 Å². The zero-order valence-electron chi connectivity index (χ0n) is 14.4. The van der Waals surface area contributed by atoms with E-state index >= 15 is 0 Å². The average molecular weight is 350 g/mol. The van der Waals surface area contributed by atoms with Gasteiger partial charge in [-0.25, -0.2) is 4.79 Å². The normalized spacial score (nSPS) is 15.8. The fourth-order valence-electron chi connectivity index (χ4n) is 2.79. The standard InChI is InChI=1S/C17H22N2O6/c1-12(16(20)18-9-5-3-4-6-10-18)25-17(21)14-11-13(19(22)23)7-8-15(14)24-2/h7-8,11-12H,3-6,9-10H2,1-2H3/t12-/m1/s1. The van der Waals surface area contributed by atoms with E-state index in [0.29, 0.717) is 13.1 Å². The summed E-state index contributed by atoms with van der Waals surface area (Å²) >= 11 is 0. The number of amides is 1. The van der Waals surface area contributed by atoms with Crippen molar-refractivity contribution in [2.24, 2.45) is 0 Å². The van der Waals surface area contributed by atoms with Gasteiger partial charge in [0.2, 0.25) is 0 Å². The zero-order chi connectivity index (χ0) is 18.4. The molecule has 0 aromatic heterocycles.